The van der Waals surface area contributed by atoms with Gasteiger partial charge in [-0.05, 0) is 25.3 Å². The molecule has 0 aliphatic heterocycles. The molecule has 1 aromatic rings. The molecular formula is C37H62B3N9O10. The fraction of sp³-hybridized carbons (Fsp3) is 0.595. The van der Waals surface area contributed by atoms with Crippen molar-refractivity contribution in [2.45, 2.75) is 45.9 Å². The van der Waals surface area contributed by atoms with Crippen molar-refractivity contribution >= 4 is 75.9 Å². The van der Waals surface area contributed by atoms with Gasteiger partial charge in [-0.15, -0.1) is 0 Å². The van der Waals surface area contributed by atoms with Crippen LogP contribution in [0.25, 0.3) is 0 Å². The third kappa shape index (κ3) is 22.5. The van der Waals surface area contributed by atoms with Gasteiger partial charge in [0, 0.05) is 78.3 Å². The quantitative estimate of drug-likeness (QED) is 0.0205. The van der Waals surface area contributed by atoms with Gasteiger partial charge in [-0.25, -0.2) is 4.79 Å². The largest absolute Gasteiger partial charge is 0.455 e. The molecule has 59 heavy (non-hydrogen) atoms. The summed E-state index contributed by atoms with van der Waals surface area (Å²) in [6, 6.07) is 8.84. The van der Waals surface area contributed by atoms with Crippen molar-refractivity contribution in [3.8, 4) is 0 Å². The summed E-state index contributed by atoms with van der Waals surface area (Å²) in [4.78, 5) is 118. The first-order chi connectivity index (χ1) is 28.3. The molecule has 7 amide bonds. The number of Topliss-reactive ketones (excluding diaryl/α,β-unsaturated/α-hetero) is 1. The van der Waals surface area contributed by atoms with E-state index < -0.39 is 24.2 Å². The molecule has 0 heterocycles. The van der Waals surface area contributed by atoms with E-state index >= 15 is 0 Å². The summed E-state index contributed by atoms with van der Waals surface area (Å²) in [5, 5.41) is 14.2. The van der Waals surface area contributed by atoms with Crippen LogP contribution in [-0.4, -0.2) is 194 Å². The maximum absolute atomic E-state index is 12.8. The highest BCUT2D eigenvalue weighted by Gasteiger charge is 2.23. The Balaban J connectivity index is 2.51. The van der Waals surface area contributed by atoms with Crippen molar-refractivity contribution in [3.05, 3.63) is 35.9 Å². The number of carbonyl (C=O) groups excluding carboxylic acids is 9. The smallest absolute Gasteiger partial charge is 0.376 e. The third-order valence-electron chi connectivity index (χ3n) is 8.78. The molecule has 0 aliphatic rings. The molecule has 0 atom stereocenters. The zero-order valence-electron chi connectivity index (χ0n) is 35.4. The van der Waals surface area contributed by atoms with Crippen molar-refractivity contribution < 1.29 is 47.9 Å². The minimum Gasteiger partial charge on any atom is -0.455 e. The predicted octanol–water partition coefficient (Wildman–Crippen LogP) is -4.95. The second kappa shape index (κ2) is 30.8. The summed E-state index contributed by atoms with van der Waals surface area (Å²) < 4.78 is 5.07. The lowest BCUT2D eigenvalue weighted by atomic mass is 9.53. The SMILES string of the molecule is BBCC(=O)N(CCNC(=O)CN(CCNC)C(=O)CB)CC(=O)NCCNCCN(CC(=O)NCCN(CC(=O)C(=O)OCc1ccccc1)C(=O)CC)C(=O)CC. The molecule has 0 spiro atoms. The second-order valence-corrected chi connectivity index (χ2v) is 13.5. The highest BCUT2D eigenvalue weighted by molar-refractivity contribution is 6.90. The van der Waals surface area contributed by atoms with E-state index in [0.717, 1.165) is 0 Å². The van der Waals surface area contributed by atoms with Gasteiger partial charge in [-0.2, -0.15) is 0 Å². The molecule has 0 saturated heterocycles. The zero-order valence-corrected chi connectivity index (χ0v) is 35.4. The van der Waals surface area contributed by atoms with E-state index in [9.17, 15) is 43.2 Å². The minimum absolute atomic E-state index is 0.0176. The average molecular weight is 825 g/mol. The summed E-state index contributed by atoms with van der Waals surface area (Å²) in [5.41, 5.74) is 0.707. The third-order valence-corrected chi connectivity index (χ3v) is 8.78. The summed E-state index contributed by atoms with van der Waals surface area (Å²) in [5.74, 6) is -4.20. The number of likely N-dealkylation sites (N-methyl/N-ethyl adjacent to an activating group) is 1. The van der Waals surface area contributed by atoms with Crippen LogP contribution < -0.4 is 26.6 Å². The number of amides is 7. The maximum atomic E-state index is 12.8. The second-order valence-electron chi connectivity index (χ2n) is 13.5. The fourth-order valence-corrected chi connectivity index (χ4v) is 5.48. The number of esters is 1. The van der Waals surface area contributed by atoms with Gasteiger partial charge >= 0.3 is 5.97 Å². The van der Waals surface area contributed by atoms with Crippen molar-refractivity contribution in [3.63, 3.8) is 0 Å². The molecule has 1 aromatic carbocycles. The van der Waals surface area contributed by atoms with Crippen LogP contribution in [0.15, 0.2) is 30.3 Å². The van der Waals surface area contributed by atoms with Gasteiger partial charge in [-0.1, -0.05) is 44.2 Å². The van der Waals surface area contributed by atoms with Crippen LogP contribution in [0.4, 0.5) is 0 Å². The van der Waals surface area contributed by atoms with Gasteiger partial charge in [0.05, 0.1) is 41.1 Å². The van der Waals surface area contributed by atoms with Gasteiger partial charge in [0.1, 0.15) is 14.5 Å². The van der Waals surface area contributed by atoms with Gasteiger partial charge in [0.25, 0.3) is 5.78 Å². The van der Waals surface area contributed by atoms with Crippen molar-refractivity contribution in [2.75, 3.05) is 98.7 Å². The van der Waals surface area contributed by atoms with Crippen LogP contribution in [0.2, 0.25) is 12.6 Å². The van der Waals surface area contributed by atoms with Crippen LogP contribution in [0, 0.1) is 0 Å². The molecule has 0 aromatic heterocycles. The number of nitrogens with zero attached hydrogens (tertiary/aromatic N) is 4. The molecule has 0 radical (unpaired) electrons. The maximum Gasteiger partial charge on any atom is 0.376 e. The molecule has 22 heteroatoms. The highest BCUT2D eigenvalue weighted by atomic mass is 16.5. The van der Waals surface area contributed by atoms with Crippen LogP contribution >= 0.6 is 0 Å². The summed E-state index contributed by atoms with van der Waals surface area (Å²) in [6.07, 6.45) is 0.751. The predicted molar refractivity (Wildman–Crippen MR) is 228 cm³/mol. The van der Waals surface area contributed by atoms with Crippen molar-refractivity contribution in [1.82, 2.24) is 46.2 Å². The summed E-state index contributed by atoms with van der Waals surface area (Å²) in [6.45, 7) is 4.31. The van der Waals surface area contributed by atoms with Gasteiger partial charge in [0.15, 0.2) is 0 Å². The van der Waals surface area contributed by atoms with Crippen LogP contribution in [-0.2, 0) is 54.5 Å². The Morgan fingerprint density at radius 2 is 1.08 bits per heavy atom. The van der Waals surface area contributed by atoms with E-state index in [4.69, 9.17) is 4.74 Å². The normalized spacial score (nSPS) is 10.4. The first kappa shape index (κ1) is 51.8. The molecular weight excluding hydrogens is 763 g/mol. The Labute approximate surface area is 349 Å². The molecule has 0 aliphatic carbocycles. The number of hydrogen-bond donors (Lipinski definition) is 5. The van der Waals surface area contributed by atoms with Crippen LogP contribution in [0.1, 0.15) is 32.3 Å². The zero-order chi connectivity index (χ0) is 44.0. The lowest BCUT2D eigenvalue weighted by molar-refractivity contribution is -0.156. The average Bonchev–Trinajstić information content (AvgIpc) is 3.23. The van der Waals surface area contributed by atoms with Gasteiger partial charge < -0.3 is 50.9 Å². The lowest BCUT2D eigenvalue weighted by Crippen LogP contribution is -2.47. The van der Waals surface area contributed by atoms with Gasteiger partial charge in [-0.3, -0.25) is 38.4 Å². The van der Waals surface area contributed by atoms with E-state index in [1.54, 1.807) is 59.1 Å². The molecule has 0 bridgehead atoms. The summed E-state index contributed by atoms with van der Waals surface area (Å²) in [7, 11) is 5.92. The van der Waals surface area contributed by atoms with E-state index in [0.29, 0.717) is 38.9 Å². The van der Waals surface area contributed by atoms with Crippen molar-refractivity contribution in [2.24, 2.45) is 0 Å². The van der Waals surface area contributed by atoms with Crippen LogP contribution in [0.5, 0.6) is 0 Å². The van der Waals surface area contributed by atoms with E-state index in [1.807, 2.05) is 7.74 Å². The first-order valence-corrected chi connectivity index (χ1v) is 20.3. The van der Waals surface area contributed by atoms with E-state index in [2.05, 4.69) is 26.6 Å². The molecule has 19 nitrogen and oxygen atoms in total. The molecule has 5 N–H and O–H groups in total. The van der Waals surface area contributed by atoms with Gasteiger partial charge in [0.2, 0.25) is 41.4 Å². The van der Waals surface area contributed by atoms with E-state index in [-0.39, 0.29) is 126 Å². The Morgan fingerprint density at radius 1 is 0.610 bits per heavy atom. The number of ketones is 1. The number of hydrogen-bond acceptors (Lipinski definition) is 12. The number of rotatable bonds is 31. The number of ether oxygens (including phenoxy) is 1. The summed E-state index contributed by atoms with van der Waals surface area (Å²) >= 11 is 0. The monoisotopic (exact) mass is 825 g/mol. The van der Waals surface area contributed by atoms with E-state index in [1.165, 1.54) is 19.6 Å². The molecule has 324 valence electrons. The molecule has 0 saturated carbocycles. The Morgan fingerprint density at radius 3 is 1.59 bits per heavy atom. The lowest BCUT2D eigenvalue weighted by Gasteiger charge is -2.24. The number of nitrogens with one attached hydrogen (secondary N) is 5. The molecule has 0 unspecified atom stereocenters. The fourth-order valence-electron chi connectivity index (χ4n) is 5.48. The minimum atomic E-state index is -1.07. The standard InChI is InChI=1S/C37H62B3N9O10/c1-4-33(54)46(23-29(50)37(58)59-27-28-9-7-6-8-10-28)19-15-44-31(52)24-47(34(55)5-2)18-14-42-11-12-43-30(51)26-49(36(57)22-40-39)20-16-45-32(53)25-48(17-13-41-3)35(56)21-38/h6-10,40-42H,4-5,11-27,38-39H2,1-3H3,(H,43,51)(H,44,52)(H,45,53). The number of carbonyl (C=O) groups is 9. The van der Waals surface area contributed by atoms with Crippen LogP contribution in [0.3, 0.4) is 0 Å². The first-order valence-electron chi connectivity index (χ1n) is 20.3. The number of benzene rings is 1. The molecule has 0 fully saturated rings. The highest BCUT2D eigenvalue weighted by Crippen LogP contribution is 2.03. The Bertz CT molecular complexity index is 1530. The Kier molecular flexibility index (Phi) is 27.0. The Hall–Kier alpha value is -5.24. The molecule has 1 rings (SSSR count). The topological polar surface area (TPSA) is 236 Å². The van der Waals surface area contributed by atoms with Crippen molar-refractivity contribution in [1.29, 1.82) is 0 Å².